The molecule has 0 aromatic rings. The predicted octanol–water partition coefficient (Wildman–Crippen LogP) is 1.07. The summed E-state index contributed by atoms with van der Waals surface area (Å²) in [4.78, 5) is 2.15. The zero-order valence-corrected chi connectivity index (χ0v) is 8.25. The zero-order valence-electron chi connectivity index (χ0n) is 8.25. The molecule has 0 rings (SSSR count). The molecular formula is C9H21NO2. The Balaban J connectivity index is 2.97. The van der Waals surface area contributed by atoms with Gasteiger partial charge >= 0.3 is 0 Å². The van der Waals surface area contributed by atoms with E-state index in [1.165, 1.54) is 0 Å². The van der Waals surface area contributed by atoms with Crippen LogP contribution in [-0.2, 0) is 4.74 Å². The van der Waals surface area contributed by atoms with E-state index in [-0.39, 0.29) is 6.61 Å². The third kappa shape index (κ3) is 7.98. The van der Waals surface area contributed by atoms with Crippen LogP contribution in [0.1, 0.15) is 26.2 Å². The van der Waals surface area contributed by atoms with Crippen LogP contribution >= 0.6 is 0 Å². The Kier molecular flexibility index (Phi) is 8.88. The molecule has 0 fully saturated rings. The van der Waals surface area contributed by atoms with Gasteiger partial charge in [0.05, 0.1) is 6.73 Å². The lowest BCUT2D eigenvalue weighted by atomic mass is 10.3. The number of hydrogen-bond donors (Lipinski definition) is 1. The van der Waals surface area contributed by atoms with Crippen molar-refractivity contribution in [2.45, 2.75) is 26.2 Å². The zero-order chi connectivity index (χ0) is 9.23. The van der Waals surface area contributed by atoms with E-state index in [0.29, 0.717) is 6.73 Å². The van der Waals surface area contributed by atoms with Crippen molar-refractivity contribution in [3.8, 4) is 0 Å². The first-order chi connectivity index (χ1) is 5.81. The van der Waals surface area contributed by atoms with Gasteiger partial charge in [0.1, 0.15) is 0 Å². The summed E-state index contributed by atoms with van der Waals surface area (Å²) in [5.41, 5.74) is 0. The second-order valence-corrected chi connectivity index (χ2v) is 3.05. The Morgan fingerprint density at radius 2 is 2.08 bits per heavy atom. The van der Waals surface area contributed by atoms with Crippen LogP contribution in [0.3, 0.4) is 0 Å². The van der Waals surface area contributed by atoms with Crippen LogP contribution in [0.15, 0.2) is 0 Å². The maximum Gasteiger partial charge on any atom is 0.0987 e. The summed E-state index contributed by atoms with van der Waals surface area (Å²) in [7, 11) is 2.05. The first-order valence-corrected chi connectivity index (χ1v) is 4.68. The van der Waals surface area contributed by atoms with Crippen LogP contribution in [0.25, 0.3) is 0 Å². The lowest BCUT2D eigenvalue weighted by Gasteiger charge is -2.15. The third-order valence-corrected chi connectivity index (χ3v) is 1.61. The Bertz CT molecular complexity index is 88.6. The number of nitrogens with zero attached hydrogens (tertiary/aromatic N) is 1. The summed E-state index contributed by atoms with van der Waals surface area (Å²) in [6.07, 6.45) is 2.96. The number of rotatable bonds is 8. The molecular weight excluding hydrogens is 154 g/mol. The molecule has 0 radical (unpaired) electrons. The molecule has 0 heterocycles. The van der Waals surface area contributed by atoms with Crippen molar-refractivity contribution in [1.82, 2.24) is 4.90 Å². The molecule has 0 amide bonds. The number of aliphatic hydroxyl groups excluding tert-OH is 1. The second-order valence-electron chi connectivity index (χ2n) is 3.05. The molecule has 3 nitrogen and oxygen atoms in total. The maximum absolute atomic E-state index is 8.49. The fourth-order valence-corrected chi connectivity index (χ4v) is 0.983. The SMILES string of the molecule is CCCN(C)COCCCCO. The molecule has 3 heteroatoms. The summed E-state index contributed by atoms with van der Waals surface area (Å²) in [5.74, 6) is 0. The quantitative estimate of drug-likeness (QED) is 0.442. The van der Waals surface area contributed by atoms with Gasteiger partial charge in [-0.15, -0.1) is 0 Å². The van der Waals surface area contributed by atoms with E-state index in [9.17, 15) is 0 Å². The normalized spacial score (nSPS) is 11.0. The predicted molar refractivity (Wildman–Crippen MR) is 50.1 cm³/mol. The molecule has 0 atom stereocenters. The summed E-state index contributed by atoms with van der Waals surface area (Å²) in [6, 6.07) is 0. The molecule has 0 spiro atoms. The molecule has 0 unspecified atom stereocenters. The number of ether oxygens (including phenoxy) is 1. The van der Waals surface area contributed by atoms with Crippen molar-refractivity contribution in [2.24, 2.45) is 0 Å². The Labute approximate surface area is 75.3 Å². The van der Waals surface area contributed by atoms with Crippen molar-refractivity contribution < 1.29 is 9.84 Å². The van der Waals surface area contributed by atoms with Gasteiger partial charge in [-0.2, -0.15) is 0 Å². The highest BCUT2D eigenvalue weighted by molar-refractivity contribution is 4.41. The molecule has 0 saturated heterocycles. The van der Waals surface area contributed by atoms with Crippen molar-refractivity contribution >= 4 is 0 Å². The van der Waals surface area contributed by atoms with Gasteiger partial charge in [-0.1, -0.05) is 6.92 Å². The third-order valence-electron chi connectivity index (χ3n) is 1.61. The summed E-state index contributed by atoms with van der Waals surface area (Å²) in [5, 5.41) is 8.49. The molecule has 0 aliphatic rings. The van der Waals surface area contributed by atoms with Crippen LogP contribution in [0.2, 0.25) is 0 Å². The second kappa shape index (κ2) is 8.97. The lowest BCUT2D eigenvalue weighted by Crippen LogP contribution is -2.22. The largest absolute Gasteiger partial charge is 0.396 e. The summed E-state index contributed by atoms with van der Waals surface area (Å²) >= 11 is 0. The van der Waals surface area contributed by atoms with Gasteiger partial charge in [0.15, 0.2) is 0 Å². The van der Waals surface area contributed by atoms with Crippen molar-refractivity contribution in [3.63, 3.8) is 0 Å². The molecule has 0 bridgehead atoms. The van der Waals surface area contributed by atoms with Gasteiger partial charge in [0, 0.05) is 13.2 Å². The topological polar surface area (TPSA) is 32.7 Å². The minimum Gasteiger partial charge on any atom is -0.396 e. The van der Waals surface area contributed by atoms with Crippen molar-refractivity contribution in [1.29, 1.82) is 0 Å². The number of unbranched alkanes of at least 4 members (excludes halogenated alkanes) is 1. The lowest BCUT2D eigenvalue weighted by molar-refractivity contribution is 0.0395. The molecule has 0 aromatic heterocycles. The van der Waals surface area contributed by atoms with E-state index < -0.39 is 0 Å². The number of hydrogen-bond acceptors (Lipinski definition) is 3. The molecule has 0 aromatic carbocycles. The van der Waals surface area contributed by atoms with E-state index >= 15 is 0 Å². The first kappa shape index (κ1) is 11.9. The monoisotopic (exact) mass is 175 g/mol. The molecule has 12 heavy (non-hydrogen) atoms. The van der Waals surface area contributed by atoms with Gasteiger partial charge in [-0.05, 0) is 32.9 Å². The Hall–Kier alpha value is -0.120. The molecule has 74 valence electrons. The minimum absolute atomic E-state index is 0.272. The molecule has 0 aliphatic carbocycles. The van der Waals surface area contributed by atoms with Crippen LogP contribution < -0.4 is 0 Å². The molecule has 0 aliphatic heterocycles. The fraction of sp³-hybridized carbons (Fsp3) is 1.00. The van der Waals surface area contributed by atoms with E-state index in [1.807, 2.05) is 0 Å². The highest BCUT2D eigenvalue weighted by atomic mass is 16.5. The Morgan fingerprint density at radius 1 is 1.33 bits per heavy atom. The van der Waals surface area contributed by atoms with E-state index in [4.69, 9.17) is 9.84 Å². The van der Waals surface area contributed by atoms with Crippen LogP contribution in [0, 0.1) is 0 Å². The fourth-order valence-electron chi connectivity index (χ4n) is 0.983. The Morgan fingerprint density at radius 3 is 2.67 bits per heavy atom. The van der Waals surface area contributed by atoms with Crippen LogP contribution in [-0.4, -0.2) is 43.5 Å². The number of aliphatic hydroxyl groups is 1. The van der Waals surface area contributed by atoms with E-state index in [1.54, 1.807) is 0 Å². The standard InChI is InChI=1S/C9H21NO2/c1-3-6-10(2)9-12-8-5-4-7-11/h11H,3-9H2,1-2H3. The average molecular weight is 175 g/mol. The van der Waals surface area contributed by atoms with Gasteiger partial charge in [0.25, 0.3) is 0 Å². The highest BCUT2D eigenvalue weighted by Crippen LogP contribution is 1.91. The highest BCUT2D eigenvalue weighted by Gasteiger charge is 1.94. The van der Waals surface area contributed by atoms with Crippen LogP contribution in [0.4, 0.5) is 0 Å². The first-order valence-electron chi connectivity index (χ1n) is 4.68. The average Bonchev–Trinajstić information content (AvgIpc) is 2.05. The van der Waals surface area contributed by atoms with Gasteiger partial charge in [-0.25, -0.2) is 0 Å². The van der Waals surface area contributed by atoms with Crippen molar-refractivity contribution in [2.75, 3.05) is 33.5 Å². The minimum atomic E-state index is 0.272. The summed E-state index contributed by atoms with van der Waals surface area (Å²) < 4.78 is 5.36. The van der Waals surface area contributed by atoms with Crippen molar-refractivity contribution in [3.05, 3.63) is 0 Å². The van der Waals surface area contributed by atoms with E-state index in [2.05, 4.69) is 18.9 Å². The van der Waals surface area contributed by atoms with Gasteiger partial charge < -0.3 is 9.84 Å². The summed E-state index contributed by atoms with van der Waals surface area (Å²) in [6.45, 7) is 4.98. The van der Waals surface area contributed by atoms with Gasteiger partial charge in [-0.3, -0.25) is 4.90 Å². The van der Waals surface area contributed by atoms with E-state index in [0.717, 1.165) is 32.4 Å². The maximum atomic E-state index is 8.49. The molecule has 0 saturated carbocycles. The molecule has 1 N–H and O–H groups in total. The smallest absolute Gasteiger partial charge is 0.0987 e. The van der Waals surface area contributed by atoms with Gasteiger partial charge in [0.2, 0.25) is 0 Å². The van der Waals surface area contributed by atoms with Crippen LogP contribution in [0.5, 0.6) is 0 Å².